The largest absolute Gasteiger partial charge is 0.496 e. The summed E-state index contributed by atoms with van der Waals surface area (Å²) in [5.41, 5.74) is 1.70. The molecule has 0 fully saturated rings. The average molecular weight is 296 g/mol. The van der Waals surface area contributed by atoms with Crippen LogP contribution in [0.15, 0.2) is 48.5 Å². The second-order valence-electron chi connectivity index (χ2n) is 5.13. The molecular weight excluding hydrogens is 276 g/mol. The highest BCUT2D eigenvalue weighted by molar-refractivity contribution is 6.49. The number of ketones is 2. The Labute approximate surface area is 130 Å². The predicted octanol–water partition coefficient (Wildman–Crippen LogP) is 4.10. The van der Waals surface area contributed by atoms with Crippen molar-refractivity contribution in [3.05, 3.63) is 65.2 Å². The Balaban J connectivity index is 2.35. The summed E-state index contributed by atoms with van der Waals surface area (Å²) in [5, 5.41) is 0. The number of para-hydroxylation sites is 1. The minimum absolute atomic E-state index is 0.338. The van der Waals surface area contributed by atoms with Crippen molar-refractivity contribution in [1.82, 2.24) is 0 Å². The minimum Gasteiger partial charge on any atom is -0.496 e. The number of rotatable bonds is 7. The van der Waals surface area contributed by atoms with E-state index in [1.807, 2.05) is 12.1 Å². The zero-order valence-corrected chi connectivity index (χ0v) is 13.0. The van der Waals surface area contributed by atoms with E-state index in [1.165, 1.54) is 7.11 Å². The fourth-order valence-corrected chi connectivity index (χ4v) is 2.41. The molecule has 0 saturated carbocycles. The first-order valence-electron chi connectivity index (χ1n) is 7.49. The van der Waals surface area contributed by atoms with Gasteiger partial charge >= 0.3 is 0 Å². The number of benzene rings is 2. The number of ether oxygens (including phenoxy) is 1. The summed E-state index contributed by atoms with van der Waals surface area (Å²) >= 11 is 0. The fourth-order valence-electron chi connectivity index (χ4n) is 2.41. The van der Waals surface area contributed by atoms with Crippen LogP contribution in [0.4, 0.5) is 0 Å². The zero-order valence-electron chi connectivity index (χ0n) is 13.0. The number of hydrogen-bond donors (Lipinski definition) is 0. The van der Waals surface area contributed by atoms with Crippen molar-refractivity contribution >= 4 is 11.6 Å². The number of Topliss-reactive ketones (excluding diaryl/α,β-unsaturated/α-hetero) is 2. The van der Waals surface area contributed by atoms with Gasteiger partial charge in [-0.05, 0) is 24.5 Å². The molecule has 2 aromatic rings. The van der Waals surface area contributed by atoms with Crippen LogP contribution in [0.5, 0.6) is 5.75 Å². The second-order valence-corrected chi connectivity index (χ2v) is 5.13. The van der Waals surface area contributed by atoms with Crippen LogP contribution in [0.3, 0.4) is 0 Å². The summed E-state index contributed by atoms with van der Waals surface area (Å²) in [6.07, 6.45) is 2.91. The van der Waals surface area contributed by atoms with Crippen LogP contribution in [-0.2, 0) is 6.42 Å². The summed E-state index contributed by atoms with van der Waals surface area (Å²) in [6, 6.07) is 14.0. The highest BCUT2D eigenvalue weighted by Crippen LogP contribution is 2.26. The number of aryl methyl sites for hydroxylation is 1. The summed E-state index contributed by atoms with van der Waals surface area (Å²) < 4.78 is 5.41. The van der Waals surface area contributed by atoms with E-state index >= 15 is 0 Å². The molecule has 0 spiro atoms. The van der Waals surface area contributed by atoms with Gasteiger partial charge in [-0.2, -0.15) is 0 Å². The lowest BCUT2D eigenvalue weighted by Crippen LogP contribution is -2.16. The van der Waals surface area contributed by atoms with E-state index in [4.69, 9.17) is 4.74 Å². The average Bonchev–Trinajstić information content (AvgIpc) is 2.58. The number of carbonyl (C=O) groups is 2. The molecule has 2 aromatic carbocycles. The molecule has 2 rings (SSSR count). The van der Waals surface area contributed by atoms with Crippen LogP contribution in [0.25, 0.3) is 0 Å². The number of hydrogen-bond acceptors (Lipinski definition) is 3. The van der Waals surface area contributed by atoms with Gasteiger partial charge in [-0.1, -0.05) is 55.8 Å². The molecule has 0 aliphatic rings. The van der Waals surface area contributed by atoms with Crippen LogP contribution in [0.2, 0.25) is 0 Å². The minimum atomic E-state index is -0.526. The Kier molecular flexibility index (Phi) is 5.48. The molecular formula is C19H20O3. The van der Waals surface area contributed by atoms with Gasteiger partial charge in [0.15, 0.2) is 0 Å². The highest BCUT2D eigenvalue weighted by atomic mass is 16.5. The maximum Gasteiger partial charge on any atom is 0.237 e. The molecule has 22 heavy (non-hydrogen) atoms. The molecule has 0 N–H and O–H groups in total. The molecule has 0 radical (unpaired) electrons. The van der Waals surface area contributed by atoms with Crippen LogP contribution < -0.4 is 4.74 Å². The van der Waals surface area contributed by atoms with Gasteiger partial charge in [0, 0.05) is 5.56 Å². The van der Waals surface area contributed by atoms with E-state index in [0.717, 1.165) is 24.8 Å². The van der Waals surface area contributed by atoms with E-state index in [9.17, 15) is 9.59 Å². The van der Waals surface area contributed by atoms with Crippen molar-refractivity contribution in [1.29, 1.82) is 0 Å². The van der Waals surface area contributed by atoms with Crippen LogP contribution in [0, 0.1) is 0 Å². The van der Waals surface area contributed by atoms with Gasteiger partial charge in [0.2, 0.25) is 11.6 Å². The Morgan fingerprint density at radius 1 is 0.955 bits per heavy atom. The van der Waals surface area contributed by atoms with E-state index in [1.54, 1.807) is 36.4 Å². The molecule has 0 heterocycles. The quantitative estimate of drug-likeness (QED) is 0.570. The lowest BCUT2D eigenvalue weighted by Gasteiger charge is -2.12. The SMILES string of the molecule is CCCCc1cccc(C(=O)C(=O)c2ccccc2)c1OC. The molecule has 0 amide bonds. The van der Waals surface area contributed by atoms with Crippen LogP contribution in [0.1, 0.15) is 46.0 Å². The number of carbonyl (C=O) groups excluding carboxylic acids is 2. The highest BCUT2D eigenvalue weighted by Gasteiger charge is 2.22. The maximum absolute atomic E-state index is 12.5. The van der Waals surface area contributed by atoms with Gasteiger partial charge in [0.05, 0.1) is 12.7 Å². The molecule has 0 aliphatic heterocycles. The Morgan fingerprint density at radius 2 is 1.68 bits per heavy atom. The molecule has 0 aliphatic carbocycles. The third kappa shape index (κ3) is 3.42. The molecule has 3 nitrogen and oxygen atoms in total. The first-order chi connectivity index (χ1) is 10.7. The van der Waals surface area contributed by atoms with Gasteiger partial charge in [-0.3, -0.25) is 9.59 Å². The first-order valence-corrected chi connectivity index (χ1v) is 7.49. The van der Waals surface area contributed by atoms with E-state index in [0.29, 0.717) is 16.9 Å². The van der Waals surface area contributed by atoms with Gasteiger partial charge in [-0.25, -0.2) is 0 Å². The van der Waals surface area contributed by atoms with E-state index < -0.39 is 11.6 Å². The van der Waals surface area contributed by atoms with Crippen LogP contribution >= 0.6 is 0 Å². The summed E-state index contributed by atoms with van der Waals surface area (Å²) in [6.45, 7) is 2.11. The normalized spacial score (nSPS) is 10.3. The third-order valence-corrected chi connectivity index (χ3v) is 3.59. The Hall–Kier alpha value is -2.42. The molecule has 114 valence electrons. The fraction of sp³-hybridized carbons (Fsp3) is 0.263. The maximum atomic E-state index is 12.5. The molecule has 0 bridgehead atoms. The molecule has 3 heteroatoms. The number of unbranched alkanes of at least 4 members (excludes halogenated alkanes) is 1. The smallest absolute Gasteiger partial charge is 0.237 e. The Bertz CT molecular complexity index is 660. The van der Waals surface area contributed by atoms with E-state index in [-0.39, 0.29) is 0 Å². The van der Waals surface area contributed by atoms with Gasteiger partial charge in [0.1, 0.15) is 5.75 Å². The lowest BCUT2D eigenvalue weighted by molar-refractivity contribution is 0.0815. The lowest BCUT2D eigenvalue weighted by atomic mass is 9.97. The predicted molar refractivity (Wildman–Crippen MR) is 86.7 cm³/mol. The standard InChI is InChI=1S/C19H20O3/c1-3-4-9-15-12-8-13-16(19(15)22-2)18(21)17(20)14-10-6-5-7-11-14/h5-8,10-13H,3-4,9H2,1-2H3. The third-order valence-electron chi connectivity index (χ3n) is 3.59. The van der Waals surface area contributed by atoms with Crippen molar-refractivity contribution in [2.45, 2.75) is 26.2 Å². The molecule has 0 atom stereocenters. The van der Waals surface area contributed by atoms with Crippen molar-refractivity contribution in [3.63, 3.8) is 0 Å². The van der Waals surface area contributed by atoms with Crippen molar-refractivity contribution in [3.8, 4) is 5.75 Å². The summed E-state index contributed by atoms with van der Waals surface area (Å²) in [4.78, 5) is 24.9. The van der Waals surface area contributed by atoms with Crippen molar-refractivity contribution < 1.29 is 14.3 Å². The van der Waals surface area contributed by atoms with Gasteiger partial charge < -0.3 is 4.74 Å². The molecule has 0 saturated heterocycles. The molecule has 0 aromatic heterocycles. The monoisotopic (exact) mass is 296 g/mol. The van der Waals surface area contributed by atoms with Crippen LogP contribution in [-0.4, -0.2) is 18.7 Å². The van der Waals surface area contributed by atoms with Gasteiger partial charge in [0.25, 0.3) is 0 Å². The Morgan fingerprint density at radius 3 is 2.32 bits per heavy atom. The topological polar surface area (TPSA) is 43.4 Å². The second kappa shape index (κ2) is 7.55. The van der Waals surface area contributed by atoms with Gasteiger partial charge in [-0.15, -0.1) is 0 Å². The van der Waals surface area contributed by atoms with Crippen molar-refractivity contribution in [2.24, 2.45) is 0 Å². The zero-order chi connectivity index (χ0) is 15.9. The summed E-state index contributed by atoms with van der Waals surface area (Å²) in [7, 11) is 1.54. The molecule has 0 unspecified atom stereocenters. The van der Waals surface area contributed by atoms with Crippen molar-refractivity contribution in [2.75, 3.05) is 7.11 Å². The number of methoxy groups -OCH3 is 1. The summed E-state index contributed by atoms with van der Waals surface area (Å²) in [5.74, 6) is -0.516. The first kappa shape index (κ1) is 16.0. The van der Waals surface area contributed by atoms with E-state index in [2.05, 4.69) is 6.92 Å².